The van der Waals surface area contributed by atoms with Gasteiger partial charge in [-0.25, -0.2) is 0 Å². The van der Waals surface area contributed by atoms with Gasteiger partial charge in [-0.15, -0.1) is 0 Å². The Morgan fingerprint density at radius 2 is 2.08 bits per heavy atom. The van der Waals surface area contributed by atoms with Gasteiger partial charge in [-0.3, -0.25) is 4.79 Å². The van der Waals surface area contributed by atoms with Gasteiger partial charge in [0.05, 0.1) is 0 Å². The number of rotatable bonds is 0. The van der Waals surface area contributed by atoms with Gasteiger partial charge in [-0.1, -0.05) is 19.8 Å². The van der Waals surface area contributed by atoms with E-state index in [1.54, 1.807) is 0 Å². The molecule has 1 spiro atoms. The van der Waals surface area contributed by atoms with E-state index in [0.29, 0.717) is 11.2 Å². The second-order valence-electron chi connectivity index (χ2n) is 5.85. The topological polar surface area (TPSA) is 17.1 Å². The van der Waals surface area contributed by atoms with Crippen LogP contribution in [0.2, 0.25) is 0 Å². The smallest absolute Gasteiger partial charge is 0.139 e. The van der Waals surface area contributed by atoms with Crippen LogP contribution in [0.15, 0.2) is 0 Å². The molecule has 4 fully saturated rings. The minimum absolute atomic E-state index is 0.119. The molecule has 72 valence electrons. The molecule has 0 aromatic rings. The molecule has 0 aromatic carbocycles. The molecule has 0 saturated heterocycles. The number of hydrogen-bond acceptors (Lipinski definition) is 1. The fourth-order valence-electron chi connectivity index (χ4n) is 4.33. The van der Waals surface area contributed by atoms with E-state index < -0.39 is 0 Å². The molecule has 0 heterocycles. The zero-order chi connectivity index (χ0) is 9.10. The van der Waals surface area contributed by atoms with Gasteiger partial charge < -0.3 is 0 Å². The number of carbonyl (C=O) groups is 1. The molecule has 1 nitrogen and oxygen atoms in total. The largest absolute Gasteiger partial charge is 0.299 e. The Hall–Kier alpha value is -0.330. The summed E-state index contributed by atoms with van der Waals surface area (Å²) in [7, 11) is 0. The van der Waals surface area contributed by atoms with Gasteiger partial charge in [0.1, 0.15) is 5.78 Å². The van der Waals surface area contributed by atoms with Crippen LogP contribution in [-0.2, 0) is 4.79 Å². The highest BCUT2D eigenvalue weighted by Gasteiger charge is 2.63. The maximum Gasteiger partial charge on any atom is 0.139 e. The average molecular weight is 178 g/mol. The molecular formula is C12H18O. The summed E-state index contributed by atoms with van der Waals surface area (Å²) in [6.07, 6.45) is 8.91. The van der Waals surface area contributed by atoms with Crippen molar-refractivity contribution in [1.82, 2.24) is 0 Å². The van der Waals surface area contributed by atoms with E-state index in [1.807, 2.05) is 0 Å². The third kappa shape index (κ3) is 0.858. The maximum atomic E-state index is 11.8. The van der Waals surface area contributed by atoms with Gasteiger partial charge in [0, 0.05) is 11.8 Å². The molecule has 0 N–H and O–H groups in total. The van der Waals surface area contributed by atoms with Crippen molar-refractivity contribution in [2.75, 3.05) is 0 Å². The summed E-state index contributed by atoms with van der Waals surface area (Å²) in [4.78, 5) is 11.8. The van der Waals surface area contributed by atoms with Crippen LogP contribution in [0.1, 0.15) is 51.9 Å². The van der Waals surface area contributed by atoms with Crippen molar-refractivity contribution in [3.05, 3.63) is 0 Å². The molecule has 0 aliphatic heterocycles. The summed E-state index contributed by atoms with van der Waals surface area (Å²) in [6.45, 7) is 2.19. The Morgan fingerprint density at radius 3 is 2.85 bits per heavy atom. The van der Waals surface area contributed by atoms with Gasteiger partial charge in [0.2, 0.25) is 0 Å². The molecule has 2 bridgehead atoms. The first-order valence-corrected chi connectivity index (χ1v) is 5.68. The Balaban J connectivity index is 1.91. The molecule has 4 saturated carbocycles. The van der Waals surface area contributed by atoms with Crippen molar-refractivity contribution in [2.45, 2.75) is 51.9 Å². The highest BCUT2D eigenvalue weighted by molar-refractivity contribution is 5.87. The third-order valence-corrected chi connectivity index (χ3v) is 4.93. The van der Waals surface area contributed by atoms with E-state index >= 15 is 0 Å². The summed E-state index contributed by atoms with van der Waals surface area (Å²) in [6, 6.07) is 0. The Labute approximate surface area is 79.9 Å². The molecule has 0 amide bonds. The number of carbonyl (C=O) groups excluding carboxylic acids is 1. The summed E-state index contributed by atoms with van der Waals surface area (Å²) >= 11 is 0. The van der Waals surface area contributed by atoms with Crippen LogP contribution in [0.4, 0.5) is 0 Å². The van der Waals surface area contributed by atoms with E-state index in [-0.39, 0.29) is 5.41 Å². The summed E-state index contributed by atoms with van der Waals surface area (Å²) in [5, 5.41) is 0. The second kappa shape index (κ2) is 2.18. The predicted octanol–water partition coefficient (Wildman–Crippen LogP) is 2.94. The van der Waals surface area contributed by atoms with Gasteiger partial charge in [0.25, 0.3) is 0 Å². The van der Waals surface area contributed by atoms with Crippen LogP contribution in [0.5, 0.6) is 0 Å². The Bertz CT molecular complexity index is 260. The molecule has 4 rings (SSSR count). The monoisotopic (exact) mass is 178 g/mol. The quantitative estimate of drug-likeness (QED) is 0.557. The Morgan fingerprint density at radius 1 is 1.31 bits per heavy atom. The van der Waals surface area contributed by atoms with Gasteiger partial charge >= 0.3 is 0 Å². The highest BCUT2D eigenvalue weighted by atomic mass is 16.1. The Kier molecular flexibility index (Phi) is 1.35. The molecule has 1 unspecified atom stereocenters. The number of fused-ring (bicyclic) bond motifs is 1. The first-order chi connectivity index (χ1) is 6.15. The molecule has 1 heteroatoms. The predicted molar refractivity (Wildman–Crippen MR) is 51.4 cm³/mol. The van der Waals surface area contributed by atoms with Crippen molar-refractivity contribution < 1.29 is 4.79 Å². The standard InChI is InChI=1S/C12H18O/c1-11-7-12(8-11)5-3-2-4-9(12)6-10(11)13/h9H,2-8H2,1H3. The first-order valence-electron chi connectivity index (χ1n) is 5.68. The van der Waals surface area contributed by atoms with Crippen LogP contribution in [0.25, 0.3) is 0 Å². The highest BCUT2D eigenvalue weighted by Crippen LogP contribution is 2.68. The average Bonchev–Trinajstić information content (AvgIpc) is 2.04. The zero-order valence-electron chi connectivity index (χ0n) is 8.44. The first kappa shape index (κ1) is 8.02. The summed E-state index contributed by atoms with van der Waals surface area (Å²) in [5.74, 6) is 1.34. The maximum absolute atomic E-state index is 11.8. The van der Waals surface area contributed by atoms with Crippen LogP contribution in [0, 0.1) is 16.7 Å². The lowest BCUT2D eigenvalue weighted by molar-refractivity contribution is -0.173. The zero-order valence-corrected chi connectivity index (χ0v) is 8.44. The fraction of sp³-hybridized carbons (Fsp3) is 0.917. The second-order valence-corrected chi connectivity index (χ2v) is 5.85. The van der Waals surface area contributed by atoms with Gasteiger partial charge in [0.15, 0.2) is 0 Å². The minimum atomic E-state index is 0.119. The van der Waals surface area contributed by atoms with Crippen LogP contribution >= 0.6 is 0 Å². The van der Waals surface area contributed by atoms with E-state index in [9.17, 15) is 4.79 Å². The van der Waals surface area contributed by atoms with Crippen molar-refractivity contribution in [2.24, 2.45) is 16.7 Å². The SMILES string of the molecule is CC12CC3(CCCCC3CC1=O)C2. The van der Waals surface area contributed by atoms with Gasteiger partial charge in [-0.2, -0.15) is 0 Å². The number of Topliss-reactive ketones (excluding diaryl/α,β-unsaturated/α-hetero) is 1. The molecule has 0 radical (unpaired) electrons. The lowest BCUT2D eigenvalue weighted by Crippen LogP contribution is -2.59. The van der Waals surface area contributed by atoms with Crippen molar-refractivity contribution >= 4 is 5.78 Å². The summed E-state index contributed by atoms with van der Waals surface area (Å²) < 4.78 is 0. The molecule has 4 aliphatic carbocycles. The number of hydrogen-bond donors (Lipinski definition) is 0. The van der Waals surface area contributed by atoms with Crippen molar-refractivity contribution in [1.29, 1.82) is 0 Å². The normalized spacial score (nSPS) is 53.9. The molecule has 0 aromatic heterocycles. The van der Waals surface area contributed by atoms with Crippen molar-refractivity contribution in [3.63, 3.8) is 0 Å². The van der Waals surface area contributed by atoms with E-state index in [1.165, 1.54) is 38.5 Å². The lowest BCUT2D eigenvalue weighted by Gasteiger charge is -2.64. The van der Waals surface area contributed by atoms with E-state index in [4.69, 9.17) is 0 Å². The van der Waals surface area contributed by atoms with Crippen LogP contribution in [-0.4, -0.2) is 5.78 Å². The fourth-order valence-corrected chi connectivity index (χ4v) is 4.33. The van der Waals surface area contributed by atoms with Crippen LogP contribution in [0.3, 0.4) is 0 Å². The van der Waals surface area contributed by atoms with Crippen LogP contribution < -0.4 is 0 Å². The van der Waals surface area contributed by atoms with Gasteiger partial charge in [-0.05, 0) is 37.0 Å². The third-order valence-electron chi connectivity index (χ3n) is 4.93. The lowest BCUT2D eigenvalue weighted by atomic mass is 9.39. The molecule has 4 aliphatic rings. The minimum Gasteiger partial charge on any atom is -0.299 e. The van der Waals surface area contributed by atoms with E-state index in [2.05, 4.69) is 6.92 Å². The van der Waals surface area contributed by atoms with Crippen molar-refractivity contribution in [3.8, 4) is 0 Å². The molecular weight excluding hydrogens is 160 g/mol. The molecule has 13 heavy (non-hydrogen) atoms. The summed E-state index contributed by atoms with van der Waals surface area (Å²) in [5.41, 5.74) is 0.759. The van der Waals surface area contributed by atoms with E-state index in [0.717, 1.165) is 12.3 Å². The molecule has 1 atom stereocenters. The number of ketones is 1.